The van der Waals surface area contributed by atoms with E-state index in [1.807, 2.05) is 19.9 Å². The minimum Gasteiger partial charge on any atom is -0.476 e. The molecule has 0 fully saturated rings. The molecule has 1 N–H and O–H groups in total. The zero-order valence-corrected chi connectivity index (χ0v) is 17.8. The Morgan fingerprint density at radius 1 is 1.18 bits per heavy atom. The fourth-order valence-corrected chi connectivity index (χ4v) is 4.58. The predicted molar refractivity (Wildman–Crippen MR) is 113 cm³/mol. The number of sulfonamides is 1. The molecule has 0 saturated heterocycles. The Kier molecular flexibility index (Phi) is 6.20. The maximum atomic E-state index is 12.5. The molecule has 1 unspecified atom stereocenters. The number of benzene rings is 2. The van der Waals surface area contributed by atoms with Crippen LogP contribution in [0.15, 0.2) is 47.4 Å². The fourth-order valence-electron chi connectivity index (χ4n) is 2.90. The Labute approximate surface area is 170 Å². The van der Waals surface area contributed by atoms with Crippen LogP contribution < -0.4 is 14.4 Å². The van der Waals surface area contributed by atoms with Gasteiger partial charge in [-0.1, -0.05) is 23.8 Å². The van der Waals surface area contributed by atoms with Gasteiger partial charge in [0, 0.05) is 17.2 Å². The molecule has 28 heavy (non-hydrogen) atoms. The zero-order valence-electron chi connectivity index (χ0n) is 16.1. The summed E-state index contributed by atoms with van der Waals surface area (Å²) in [5.41, 5.74) is 2.60. The summed E-state index contributed by atoms with van der Waals surface area (Å²) >= 11 is 1.65. The van der Waals surface area contributed by atoms with Crippen LogP contribution in [0.4, 0.5) is 5.69 Å². The van der Waals surface area contributed by atoms with Crippen LogP contribution in [0, 0.1) is 13.8 Å². The highest BCUT2D eigenvalue weighted by Gasteiger charge is 2.34. The monoisotopic (exact) mass is 420 g/mol. The van der Waals surface area contributed by atoms with E-state index in [-0.39, 0.29) is 12.5 Å². The van der Waals surface area contributed by atoms with Crippen molar-refractivity contribution in [1.29, 1.82) is 0 Å². The minimum absolute atomic E-state index is 0.0355. The molecule has 0 aromatic heterocycles. The highest BCUT2D eigenvalue weighted by molar-refractivity contribution is 7.99. The molecule has 1 heterocycles. The number of aryl methyl sites for hydroxylation is 2. The van der Waals surface area contributed by atoms with Crippen molar-refractivity contribution in [3.8, 4) is 5.75 Å². The van der Waals surface area contributed by atoms with Crippen molar-refractivity contribution in [3.63, 3.8) is 0 Å². The van der Waals surface area contributed by atoms with Crippen LogP contribution >= 0.6 is 11.8 Å². The molecule has 1 atom stereocenters. The van der Waals surface area contributed by atoms with Crippen LogP contribution in [0.25, 0.3) is 0 Å². The van der Waals surface area contributed by atoms with Crippen molar-refractivity contribution in [3.05, 3.63) is 53.6 Å². The van der Waals surface area contributed by atoms with E-state index in [1.54, 1.807) is 23.9 Å². The smallest absolute Gasteiger partial charge is 0.263 e. The third kappa shape index (κ3) is 4.99. The zero-order chi connectivity index (χ0) is 20.3. The molecule has 6 nitrogen and oxygen atoms in total. The number of hydrogen-bond donors (Lipinski definition) is 1. The lowest BCUT2D eigenvalue weighted by atomic mass is 10.1. The van der Waals surface area contributed by atoms with Gasteiger partial charge in [-0.15, -0.1) is 11.8 Å². The van der Waals surface area contributed by atoms with Crippen molar-refractivity contribution >= 4 is 33.4 Å². The molecule has 0 radical (unpaired) electrons. The molecule has 0 saturated carbocycles. The Hall–Kier alpha value is -2.19. The van der Waals surface area contributed by atoms with Crippen LogP contribution in [-0.2, 0) is 14.8 Å². The summed E-state index contributed by atoms with van der Waals surface area (Å²) in [4.78, 5) is 13.7. The number of nitrogens with one attached hydrogen (secondary N) is 1. The largest absolute Gasteiger partial charge is 0.476 e. The van der Waals surface area contributed by atoms with Gasteiger partial charge in [0.2, 0.25) is 10.0 Å². The van der Waals surface area contributed by atoms with E-state index >= 15 is 0 Å². The van der Waals surface area contributed by atoms with E-state index in [4.69, 9.17) is 4.74 Å². The predicted octanol–water partition coefficient (Wildman–Crippen LogP) is 2.74. The molecular weight excluding hydrogens is 396 g/mol. The summed E-state index contributed by atoms with van der Waals surface area (Å²) in [5.74, 6) is 0.799. The van der Waals surface area contributed by atoms with Gasteiger partial charge in [-0.3, -0.25) is 9.10 Å². The lowest BCUT2D eigenvalue weighted by molar-refractivity contribution is -0.127. The lowest BCUT2D eigenvalue weighted by Crippen LogP contribution is -2.50. The number of nitrogens with zero attached hydrogens (tertiary/aromatic N) is 1. The van der Waals surface area contributed by atoms with E-state index < -0.39 is 16.1 Å². The van der Waals surface area contributed by atoms with Gasteiger partial charge >= 0.3 is 0 Å². The number of carbonyl (C=O) groups is 1. The average Bonchev–Trinajstić information content (AvgIpc) is 2.64. The second-order valence-electron chi connectivity index (χ2n) is 6.82. The van der Waals surface area contributed by atoms with Crippen molar-refractivity contribution in [1.82, 2.24) is 5.32 Å². The number of rotatable bonds is 6. The fraction of sp³-hybridized carbons (Fsp3) is 0.350. The van der Waals surface area contributed by atoms with E-state index in [2.05, 4.69) is 29.6 Å². The molecule has 2 aromatic carbocycles. The second kappa shape index (κ2) is 8.45. The van der Waals surface area contributed by atoms with Crippen LogP contribution in [0.5, 0.6) is 5.75 Å². The molecule has 150 valence electrons. The Morgan fingerprint density at radius 3 is 2.54 bits per heavy atom. The van der Waals surface area contributed by atoms with Gasteiger partial charge in [0.05, 0.1) is 18.5 Å². The summed E-state index contributed by atoms with van der Waals surface area (Å²) in [6, 6.07) is 13.5. The van der Waals surface area contributed by atoms with Gasteiger partial charge in [0.1, 0.15) is 5.75 Å². The normalized spacial score (nSPS) is 16.2. The third-order valence-electron chi connectivity index (χ3n) is 4.37. The van der Waals surface area contributed by atoms with E-state index in [0.29, 0.717) is 23.7 Å². The SMILES string of the molecule is Cc1ccc(SCCNC(=O)C2CN(S(C)(=O)=O)c3cc(C)ccc3O2)cc1. The number of amides is 1. The Balaban J connectivity index is 1.61. The van der Waals surface area contributed by atoms with Crippen molar-refractivity contribution < 1.29 is 17.9 Å². The van der Waals surface area contributed by atoms with Crippen LogP contribution in [0.1, 0.15) is 11.1 Å². The molecule has 8 heteroatoms. The van der Waals surface area contributed by atoms with Crippen LogP contribution in [0.2, 0.25) is 0 Å². The number of carbonyl (C=O) groups excluding carboxylic acids is 1. The molecule has 0 spiro atoms. The molecule has 1 amide bonds. The summed E-state index contributed by atoms with van der Waals surface area (Å²) in [5, 5.41) is 2.84. The van der Waals surface area contributed by atoms with Gasteiger partial charge in [0.25, 0.3) is 5.91 Å². The number of ether oxygens (including phenoxy) is 1. The maximum absolute atomic E-state index is 12.5. The molecule has 3 rings (SSSR count). The molecule has 1 aliphatic heterocycles. The quantitative estimate of drug-likeness (QED) is 0.574. The van der Waals surface area contributed by atoms with Crippen LogP contribution in [-0.4, -0.2) is 45.5 Å². The van der Waals surface area contributed by atoms with Gasteiger partial charge < -0.3 is 10.1 Å². The summed E-state index contributed by atoms with van der Waals surface area (Å²) in [6.45, 7) is 4.35. The molecule has 0 bridgehead atoms. The summed E-state index contributed by atoms with van der Waals surface area (Å²) in [6.07, 6.45) is 0.256. The highest BCUT2D eigenvalue weighted by Crippen LogP contribution is 2.35. The molecule has 2 aromatic rings. The van der Waals surface area contributed by atoms with Gasteiger partial charge in [-0.2, -0.15) is 0 Å². The summed E-state index contributed by atoms with van der Waals surface area (Å²) in [7, 11) is -3.52. The van der Waals surface area contributed by atoms with Crippen LogP contribution in [0.3, 0.4) is 0 Å². The number of anilines is 1. The first-order valence-corrected chi connectivity index (χ1v) is 11.8. The molecule has 0 aliphatic carbocycles. The Bertz CT molecular complexity index is 959. The first-order valence-electron chi connectivity index (χ1n) is 8.96. The highest BCUT2D eigenvalue weighted by atomic mass is 32.2. The summed E-state index contributed by atoms with van der Waals surface area (Å²) < 4.78 is 31.4. The minimum atomic E-state index is -3.52. The molecule has 1 aliphatic rings. The van der Waals surface area contributed by atoms with Crippen molar-refractivity contribution in [2.75, 3.05) is 29.4 Å². The third-order valence-corrected chi connectivity index (χ3v) is 6.53. The first kappa shape index (κ1) is 20.5. The first-order chi connectivity index (χ1) is 13.2. The topological polar surface area (TPSA) is 75.7 Å². The lowest BCUT2D eigenvalue weighted by Gasteiger charge is -2.34. The average molecular weight is 421 g/mol. The van der Waals surface area contributed by atoms with Gasteiger partial charge in [-0.05, 0) is 43.7 Å². The van der Waals surface area contributed by atoms with Gasteiger partial charge in [0.15, 0.2) is 6.10 Å². The molecular formula is C20H24N2O4S2. The second-order valence-corrected chi connectivity index (χ2v) is 9.90. The number of thioether (sulfide) groups is 1. The van der Waals surface area contributed by atoms with Gasteiger partial charge in [-0.25, -0.2) is 8.42 Å². The number of hydrogen-bond acceptors (Lipinski definition) is 5. The standard InChI is InChI=1S/C20H24N2O4S2/c1-14-4-7-16(8-5-14)27-11-10-21-20(23)19-13-22(28(3,24)25)17-12-15(2)6-9-18(17)26-19/h4-9,12,19H,10-11,13H2,1-3H3,(H,21,23). The van der Waals surface area contributed by atoms with E-state index in [9.17, 15) is 13.2 Å². The van der Waals surface area contributed by atoms with E-state index in [0.717, 1.165) is 16.7 Å². The Morgan fingerprint density at radius 2 is 1.86 bits per heavy atom. The number of fused-ring (bicyclic) bond motifs is 1. The van der Waals surface area contributed by atoms with E-state index in [1.165, 1.54) is 9.87 Å². The van der Waals surface area contributed by atoms with Crippen molar-refractivity contribution in [2.24, 2.45) is 0 Å². The maximum Gasteiger partial charge on any atom is 0.263 e. The van der Waals surface area contributed by atoms with Crippen molar-refractivity contribution in [2.45, 2.75) is 24.8 Å².